The van der Waals surface area contributed by atoms with Gasteiger partial charge in [0.1, 0.15) is 23.1 Å². The van der Waals surface area contributed by atoms with Crippen LogP contribution in [-0.2, 0) is 18.5 Å². The van der Waals surface area contributed by atoms with Crippen LogP contribution in [0.15, 0.2) is 66.7 Å². The molecule has 0 bridgehead atoms. The molecule has 1 aromatic heterocycles. The van der Waals surface area contributed by atoms with Gasteiger partial charge < -0.3 is 15.8 Å². The van der Waals surface area contributed by atoms with Crippen LogP contribution >= 0.6 is 0 Å². The SMILES string of the molecule is CCOc1ccccc1-n1nc2c(c1-c1cc(F)c(NC(N)=O)cc1F)CN(C(C)(C)c1ccccc1)CC2. The third-order valence-corrected chi connectivity index (χ3v) is 7.27. The molecule has 2 heterocycles. The molecule has 202 valence electrons. The minimum Gasteiger partial charge on any atom is -0.492 e. The van der Waals surface area contributed by atoms with Gasteiger partial charge >= 0.3 is 6.03 Å². The van der Waals surface area contributed by atoms with E-state index in [-0.39, 0.29) is 16.8 Å². The summed E-state index contributed by atoms with van der Waals surface area (Å²) in [7, 11) is 0. The maximum atomic E-state index is 15.7. The standard InChI is InChI=1S/C30H31F2N5O2/c1-4-39-27-13-9-8-12-26(27)37-28(20-16-23(32)25(17-22(20)31)34-29(33)38)21-18-36(15-14-24(21)35-37)30(2,3)19-10-6-5-7-11-19/h5-13,16-17H,4,14-15,18H2,1-3H3,(H3,33,34,38). The number of primary amides is 1. The molecule has 0 saturated heterocycles. The summed E-state index contributed by atoms with van der Waals surface area (Å²) in [6.45, 7) is 7.86. The predicted molar refractivity (Wildman–Crippen MR) is 147 cm³/mol. The summed E-state index contributed by atoms with van der Waals surface area (Å²) >= 11 is 0. The highest BCUT2D eigenvalue weighted by atomic mass is 19.1. The molecule has 4 aromatic rings. The normalized spacial score (nSPS) is 13.7. The minimum absolute atomic E-state index is 0.0296. The van der Waals surface area contributed by atoms with Crippen molar-refractivity contribution in [3.63, 3.8) is 0 Å². The van der Waals surface area contributed by atoms with E-state index in [4.69, 9.17) is 15.6 Å². The van der Waals surface area contributed by atoms with Gasteiger partial charge in [-0.05, 0) is 44.5 Å². The van der Waals surface area contributed by atoms with Crippen LogP contribution in [0.25, 0.3) is 16.9 Å². The highest BCUT2D eigenvalue weighted by Gasteiger charge is 2.35. The van der Waals surface area contributed by atoms with Gasteiger partial charge in [-0.15, -0.1) is 0 Å². The molecule has 0 radical (unpaired) electrons. The summed E-state index contributed by atoms with van der Waals surface area (Å²) in [4.78, 5) is 13.6. The van der Waals surface area contributed by atoms with E-state index < -0.39 is 17.7 Å². The number of rotatable bonds is 7. The van der Waals surface area contributed by atoms with Crippen molar-refractivity contribution in [3.05, 3.63) is 95.2 Å². The van der Waals surface area contributed by atoms with Gasteiger partial charge in [0.05, 0.1) is 23.7 Å². The van der Waals surface area contributed by atoms with E-state index in [0.29, 0.717) is 36.7 Å². The van der Waals surface area contributed by atoms with E-state index >= 15 is 8.78 Å². The number of nitrogens with one attached hydrogen (secondary N) is 1. The van der Waals surface area contributed by atoms with Gasteiger partial charge in [0.15, 0.2) is 0 Å². The Labute approximate surface area is 226 Å². The molecule has 0 spiro atoms. The van der Waals surface area contributed by atoms with Crippen LogP contribution < -0.4 is 15.8 Å². The first-order valence-electron chi connectivity index (χ1n) is 12.9. The molecule has 0 atom stereocenters. The second kappa shape index (κ2) is 10.5. The van der Waals surface area contributed by atoms with Gasteiger partial charge in [0.25, 0.3) is 0 Å². The lowest BCUT2D eigenvalue weighted by Gasteiger charge is -2.41. The lowest BCUT2D eigenvalue weighted by Crippen LogP contribution is -2.44. The number of carbonyl (C=O) groups excluding carboxylic acids is 1. The number of hydrogen-bond acceptors (Lipinski definition) is 4. The first-order chi connectivity index (χ1) is 18.7. The third kappa shape index (κ3) is 4.97. The van der Waals surface area contributed by atoms with Crippen molar-refractivity contribution in [2.75, 3.05) is 18.5 Å². The summed E-state index contributed by atoms with van der Waals surface area (Å²) in [6.07, 6.45) is 0.633. The number of ether oxygens (including phenoxy) is 1. The molecule has 0 fully saturated rings. The number of fused-ring (bicyclic) bond motifs is 1. The number of para-hydroxylation sites is 2. The number of benzene rings is 3. The van der Waals surface area contributed by atoms with E-state index in [0.717, 1.165) is 35.5 Å². The lowest BCUT2D eigenvalue weighted by molar-refractivity contribution is 0.103. The van der Waals surface area contributed by atoms with E-state index in [1.807, 2.05) is 49.4 Å². The Hall–Kier alpha value is -4.24. The molecule has 3 N–H and O–H groups in total. The lowest BCUT2D eigenvalue weighted by atomic mass is 9.89. The number of nitrogens with zero attached hydrogens (tertiary/aromatic N) is 3. The summed E-state index contributed by atoms with van der Waals surface area (Å²) in [5.74, 6) is -0.935. The van der Waals surface area contributed by atoms with Crippen molar-refractivity contribution in [1.29, 1.82) is 0 Å². The van der Waals surface area contributed by atoms with Crippen molar-refractivity contribution in [1.82, 2.24) is 14.7 Å². The molecule has 39 heavy (non-hydrogen) atoms. The monoisotopic (exact) mass is 531 g/mol. The van der Waals surface area contributed by atoms with Crippen LogP contribution in [0.3, 0.4) is 0 Å². The van der Waals surface area contributed by atoms with Crippen molar-refractivity contribution < 1.29 is 18.3 Å². The molecule has 3 aromatic carbocycles. The summed E-state index contributed by atoms with van der Waals surface area (Å²) < 4.78 is 38.4. The first kappa shape index (κ1) is 26.4. The van der Waals surface area contributed by atoms with Crippen LogP contribution in [0, 0.1) is 11.6 Å². The fraction of sp³-hybridized carbons (Fsp3) is 0.267. The summed E-state index contributed by atoms with van der Waals surface area (Å²) in [5, 5.41) is 7.04. The number of amides is 2. The molecule has 1 aliphatic heterocycles. The number of aromatic nitrogens is 2. The molecule has 2 amide bonds. The molecule has 5 rings (SSSR count). The van der Waals surface area contributed by atoms with E-state index in [9.17, 15) is 4.79 Å². The van der Waals surface area contributed by atoms with Gasteiger partial charge in [-0.1, -0.05) is 42.5 Å². The number of anilines is 1. The average Bonchev–Trinajstić information content (AvgIpc) is 3.29. The van der Waals surface area contributed by atoms with E-state index in [1.165, 1.54) is 0 Å². The minimum atomic E-state index is -0.979. The largest absolute Gasteiger partial charge is 0.492 e. The maximum Gasteiger partial charge on any atom is 0.316 e. The van der Waals surface area contributed by atoms with Gasteiger partial charge in [-0.25, -0.2) is 18.3 Å². The Morgan fingerprint density at radius 3 is 2.51 bits per heavy atom. The maximum absolute atomic E-state index is 15.7. The Balaban J connectivity index is 1.69. The number of carbonyl (C=O) groups is 1. The molecule has 9 heteroatoms. The Bertz CT molecular complexity index is 1520. The van der Waals surface area contributed by atoms with Crippen LogP contribution in [0.2, 0.25) is 0 Å². The van der Waals surface area contributed by atoms with Crippen molar-refractivity contribution >= 4 is 11.7 Å². The van der Waals surface area contributed by atoms with Crippen LogP contribution in [0.1, 0.15) is 37.6 Å². The Morgan fingerprint density at radius 1 is 1.08 bits per heavy atom. The number of urea groups is 1. The zero-order chi connectivity index (χ0) is 27.7. The zero-order valence-electron chi connectivity index (χ0n) is 22.2. The van der Waals surface area contributed by atoms with Gasteiger partial charge in [-0.3, -0.25) is 4.90 Å². The molecule has 7 nitrogen and oxygen atoms in total. The number of nitrogens with two attached hydrogens (primary N) is 1. The molecule has 0 saturated carbocycles. The number of hydrogen-bond donors (Lipinski definition) is 2. The van der Waals surface area contributed by atoms with E-state index in [1.54, 1.807) is 4.68 Å². The fourth-order valence-corrected chi connectivity index (χ4v) is 5.20. The van der Waals surface area contributed by atoms with Crippen LogP contribution in [0.4, 0.5) is 19.3 Å². The van der Waals surface area contributed by atoms with Gasteiger partial charge in [0, 0.05) is 42.2 Å². The Morgan fingerprint density at radius 2 is 1.79 bits per heavy atom. The number of halogens is 2. The summed E-state index contributed by atoms with van der Waals surface area (Å²) in [5.41, 5.74) is 8.37. The smallest absolute Gasteiger partial charge is 0.316 e. The molecule has 0 unspecified atom stereocenters. The average molecular weight is 532 g/mol. The molecular weight excluding hydrogens is 500 g/mol. The van der Waals surface area contributed by atoms with Crippen LogP contribution in [0.5, 0.6) is 5.75 Å². The first-order valence-corrected chi connectivity index (χ1v) is 12.9. The second-order valence-corrected chi connectivity index (χ2v) is 9.98. The highest BCUT2D eigenvalue weighted by molar-refractivity contribution is 5.88. The highest BCUT2D eigenvalue weighted by Crippen LogP contribution is 2.40. The van der Waals surface area contributed by atoms with E-state index in [2.05, 4.69) is 36.2 Å². The van der Waals surface area contributed by atoms with Crippen molar-refractivity contribution in [2.45, 2.75) is 39.3 Å². The Kier molecular flexibility index (Phi) is 7.10. The quantitative estimate of drug-likeness (QED) is 0.306. The van der Waals surface area contributed by atoms with Gasteiger partial charge in [0.2, 0.25) is 0 Å². The fourth-order valence-electron chi connectivity index (χ4n) is 5.20. The molecule has 1 aliphatic rings. The van der Waals surface area contributed by atoms with Gasteiger partial charge in [-0.2, -0.15) is 5.10 Å². The molecule has 0 aliphatic carbocycles. The second-order valence-electron chi connectivity index (χ2n) is 9.98. The third-order valence-electron chi connectivity index (χ3n) is 7.27. The van der Waals surface area contributed by atoms with Crippen molar-refractivity contribution in [3.8, 4) is 22.7 Å². The zero-order valence-corrected chi connectivity index (χ0v) is 22.2. The van der Waals surface area contributed by atoms with Crippen molar-refractivity contribution in [2.24, 2.45) is 5.73 Å². The molecular formula is C30H31F2N5O2. The topological polar surface area (TPSA) is 85.4 Å². The summed E-state index contributed by atoms with van der Waals surface area (Å²) in [6, 6.07) is 18.6. The predicted octanol–water partition coefficient (Wildman–Crippen LogP) is 6.00. The van der Waals surface area contributed by atoms with Crippen LogP contribution in [-0.4, -0.2) is 33.9 Å².